The number of ether oxygens (including phenoxy) is 1. The molecule has 0 amide bonds. The van der Waals surface area contributed by atoms with Gasteiger partial charge in [0.05, 0.1) is 17.2 Å². The Hall–Kier alpha value is -1.46. The summed E-state index contributed by atoms with van der Waals surface area (Å²) in [6.07, 6.45) is 0.593. The van der Waals surface area contributed by atoms with E-state index in [0.29, 0.717) is 35.1 Å². The Kier molecular flexibility index (Phi) is 7.18. The molecule has 0 saturated carbocycles. The zero-order chi connectivity index (χ0) is 15.0. The van der Waals surface area contributed by atoms with Gasteiger partial charge in [-0.15, -0.1) is 0 Å². The van der Waals surface area contributed by atoms with Crippen LogP contribution in [0.1, 0.15) is 18.0 Å². The van der Waals surface area contributed by atoms with Crippen molar-refractivity contribution in [3.05, 3.63) is 44.3 Å². The van der Waals surface area contributed by atoms with Gasteiger partial charge in [-0.25, -0.2) is 4.79 Å². The highest BCUT2D eigenvalue weighted by Gasteiger charge is 2.23. The normalized spacial score (nSPS) is 11.6. The summed E-state index contributed by atoms with van der Waals surface area (Å²) >= 11 is 12.0. The lowest BCUT2D eigenvalue weighted by atomic mass is 10.1. The van der Waals surface area contributed by atoms with Crippen LogP contribution in [0, 0.1) is 0 Å². The first kappa shape index (κ1) is 16.6. The van der Waals surface area contributed by atoms with Crippen molar-refractivity contribution >= 4 is 29.2 Å². The van der Waals surface area contributed by atoms with Crippen molar-refractivity contribution in [3.63, 3.8) is 0 Å². The topological polar surface area (TPSA) is 87.1 Å². The van der Waals surface area contributed by atoms with Gasteiger partial charge in [-0.1, -0.05) is 40.4 Å². The Labute approximate surface area is 126 Å². The van der Waals surface area contributed by atoms with E-state index in [-0.39, 0.29) is 0 Å². The van der Waals surface area contributed by atoms with Crippen molar-refractivity contribution in [2.24, 2.45) is 5.11 Å². The van der Waals surface area contributed by atoms with Crippen molar-refractivity contribution in [2.75, 3.05) is 20.2 Å². The number of rotatable bonds is 7. The fraction of sp³-hybridized carbons (Fsp3) is 0.417. The van der Waals surface area contributed by atoms with Gasteiger partial charge in [0.1, 0.15) is 6.04 Å². The summed E-state index contributed by atoms with van der Waals surface area (Å²) in [6.45, 7) is 0.822. The molecule has 0 aromatic heterocycles. The lowest BCUT2D eigenvalue weighted by molar-refractivity contribution is -0.143. The predicted molar refractivity (Wildman–Crippen MR) is 77.9 cm³/mol. The molecule has 0 radical (unpaired) electrons. The quantitative estimate of drug-likeness (QED) is 0.274. The van der Waals surface area contributed by atoms with Gasteiger partial charge in [0.25, 0.3) is 0 Å². The molecule has 0 aliphatic rings. The van der Waals surface area contributed by atoms with Gasteiger partial charge in [0.15, 0.2) is 0 Å². The Morgan fingerprint density at radius 1 is 1.55 bits per heavy atom. The molecule has 1 unspecified atom stereocenters. The van der Waals surface area contributed by atoms with Gasteiger partial charge in [-0.2, -0.15) is 0 Å². The zero-order valence-corrected chi connectivity index (χ0v) is 12.4. The van der Waals surface area contributed by atoms with Gasteiger partial charge >= 0.3 is 5.97 Å². The van der Waals surface area contributed by atoms with E-state index >= 15 is 0 Å². The van der Waals surface area contributed by atoms with E-state index in [2.05, 4.69) is 15.3 Å². The molecule has 1 atom stereocenters. The fourth-order valence-electron chi connectivity index (χ4n) is 1.62. The van der Waals surface area contributed by atoms with E-state index in [4.69, 9.17) is 33.5 Å². The van der Waals surface area contributed by atoms with Crippen LogP contribution in [-0.4, -0.2) is 26.2 Å². The van der Waals surface area contributed by atoms with Gasteiger partial charge in [-0.3, -0.25) is 0 Å². The average Bonchev–Trinajstić information content (AvgIpc) is 2.46. The Bertz CT molecular complexity index is 518. The van der Waals surface area contributed by atoms with E-state index in [0.717, 1.165) is 0 Å². The van der Waals surface area contributed by atoms with Crippen molar-refractivity contribution in [1.29, 1.82) is 0 Å². The molecule has 1 aromatic rings. The maximum atomic E-state index is 11.8. The second kappa shape index (κ2) is 8.66. The molecule has 8 heteroatoms. The molecule has 0 spiro atoms. The molecule has 0 aliphatic carbocycles. The first-order valence-electron chi connectivity index (χ1n) is 5.87. The number of carbonyl (C=O) groups excluding carboxylic acids is 1. The lowest BCUT2D eigenvalue weighted by Crippen LogP contribution is -2.31. The predicted octanol–water partition coefficient (Wildman–Crippen LogP) is 3.50. The van der Waals surface area contributed by atoms with Gasteiger partial charge < -0.3 is 10.1 Å². The molecule has 1 aromatic carbocycles. The maximum Gasteiger partial charge on any atom is 0.327 e. The summed E-state index contributed by atoms with van der Waals surface area (Å²) in [7, 11) is 1.30. The van der Waals surface area contributed by atoms with Crippen molar-refractivity contribution in [2.45, 2.75) is 12.5 Å². The number of halogens is 2. The smallest absolute Gasteiger partial charge is 0.327 e. The summed E-state index contributed by atoms with van der Waals surface area (Å²) < 4.78 is 4.75. The summed E-state index contributed by atoms with van der Waals surface area (Å²) in [5.41, 5.74) is 8.73. The lowest BCUT2D eigenvalue weighted by Gasteiger charge is -2.18. The molecule has 0 fully saturated rings. The number of azide groups is 1. The number of hydrogen-bond acceptors (Lipinski definition) is 4. The van der Waals surface area contributed by atoms with E-state index in [1.807, 2.05) is 0 Å². The van der Waals surface area contributed by atoms with E-state index in [1.54, 1.807) is 18.2 Å². The molecule has 20 heavy (non-hydrogen) atoms. The second-order valence-electron chi connectivity index (χ2n) is 3.86. The highest BCUT2D eigenvalue weighted by atomic mass is 35.5. The minimum atomic E-state index is -0.711. The third kappa shape index (κ3) is 4.58. The summed E-state index contributed by atoms with van der Waals surface area (Å²) in [5, 5.41) is 7.11. The van der Waals surface area contributed by atoms with Crippen molar-refractivity contribution < 1.29 is 9.53 Å². The first-order valence-corrected chi connectivity index (χ1v) is 6.63. The van der Waals surface area contributed by atoms with Gasteiger partial charge in [-0.05, 0) is 24.6 Å². The number of carbonyl (C=O) groups is 1. The molecule has 0 aliphatic heterocycles. The Morgan fingerprint density at radius 3 is 2.95 bits per heavy atom. The average molecular weight is 317 g/mol. The summed E-state index contributed by atoms with van der Waals surface area (Å²) in [6, 6.07) is 4.35. The third-order valence-electron chi connectivity index (χ3n) is 2.58. The maximum absolute atomic E-state index is 11.8. The first-order chi connectivity index (χ1) is 9.61. The zero-order valence-electron chi connectivity index (χ0n) is 10.8. The SMILES string of the molecule is COC(=O)C(NCCCN=[N+]=[N-])c1cccc(Cl)c1Cl. The molecule has 1 N–H and O–H groups in total. The van der Waals surface area contributed by atoms with Crippen molar-refractivity contribution in [1.82, 2.24) is 5.32 Å². The number of nitrogens with zero attached hydrogens (tertiary/aromatic N) is 3. The molecular weight excluding hydrogens is 303 g/mol. The highest BCUT2D eigenvalue weighted by Crippen LogP contribution is 2.30. The monoisotopic (exact) mass is 316 g/mol. The number of hydrogen-bond donors (Lipinski definition) is 1. The Morgan fingerprint density at radius 2 is 2.30 bits per heavy atom. The van der Waals surface area contributed by atoms with Crippen LogP contribution in [0.4, 0.5) is 0 Å². The van der Waals surface area contributed by atoms with Crippen LogP contribution in [0.3, 0.4) is 0 Å². The molecule has 108 valence electrons. The van der Waals surface area contributed by atoms with Crippen LogP contribution in [0.25, 0.3) is 10.4 Å². The molecular formula is C12H14Cl2N4O2. The Balaban J connectivity index is 2.81. The molecule has 6 nitrogen and oxygen atoms in total. The third-order valence-corrected chi connectivity index (χ3v) is 3.41. The van der Waals surface area contributed by atoms with Crippen molar-refractivity contribution in [3.8, 4) is 0 Å². The molecule has 1 rings (SSSR count). The summed E-state index contributed by atoms with van der Waals surface area (Å²) in [5.74, 6) is -0.460. The van der Waals surface area contributed by atoms with Gasteiger partial charge in [0.2, 0.25) is 0 Å². The minimum absolute atomic E-state index is 0.312. The van der Waals surface area contributed by atoms with Crippen LogP contribution < -0.4 is 5.32 Å². The molecule has 0 saturated heterocycles. The number of benzene rings is 1. The highest BCUT2D eigenvalue weighted by molar-refractivity contribution is 6.42. The minimum Gasteiger partial charge on any atom is -0.468 e. The molecule has 0 bridgehead atoms. The van der Waals surface area contributed by atoms with Crippen LogP contribution in [0.5, 0.6) is 0 Å². The van der Waals surface area contributed by atoms with Crippen LogP contribution in [-0.2, 0) is 9.53 Å². The second-order valence-corrected chi connectivity index (χ2v) is 4.65. The fourth-order valence-corrected chi connectivity index (χ4v) is 2.04. The number of methoxy groups -OCH3 is 1. The van der Waals surface area contributed by atoms with E-state index in [1.165, 1.54) is 7.11 Å². The standard InChI is InChI=1S/C12H14Cl2N4O2/c1-20-12(19)11(16-6-3-7-17-18-15)8-4-2-5-9(13)10(8)14/h2,4-5,11,16H,3,6-7H2,1H3. The van der Waals surface area contributed by atoms with E-state index in [9.17, 15) is 4.79 Å². The number of nitrogens with one attached hydrogen (secondary N) is 1. The van der Waals surface area contributed by atoms with Crippen LogP contribution >= 0.6 is 23.2 Å². The summed E-state index contributed by atoms with van der Waals surface area (Å²) in [4.78, 5) is 14.5. The molecule has 0 heterocycles. The largest absolute Gasteiger partial charge is 0.468 e. The van der Waals surface area contributed by atoms with Gasteiger partial charge in [0, 0.05) is 17.0 Å². The van der Waals surface area contributed by atoms with Crippen LogP contribution in [0.15, 0.2) is 23.3 Å². The van der Waals surface area contributed by atoms with E-state index < -0.39 is 12.0 Å². The number of esters is 1. The van der Waals surface area contributed by atoms with Crippen LogP contribution in [0.2, 0.25) is 10.0 Å².